The first-order chi connectivity index (χ1) is 21.5. The van der Waals surface area contributed by atoms with Gasteiger partial charge in [-0.25, -0.2) is 19.3 Å². The minimum Gasteiger partial charge on any atom is -0.481 e. The second-order valence-corrected chi connectivity index (χ2v) is 22.6. The summed E-state index contributed by atoms with van der Waals surface area (Å²) in [7, 11) is -1.32. The molecule has 0 saturated carbocycles. The first-order valence-electron chi connectivity index (χ1n) is 15.7. The largest absolute Gasteiger partial charge is 0.481 e. The SMILES string of the molecule is CC(C)(C)OC(=O)N(C(=O)OC(C)(C)C)c1nc2c(CC(c3nnnn3COCC[Si](C)(C)C)C(C(=O)O)C(C)(C)C)cccc2s1. The van der Waals surface area contributed by atoms with E-state index >= 15 is 0 Å². The van der Waals surface area contributed by atoms with Gasteiger partial charge in [-0.2, -0.15) is 4.90 Å². The number of rotatable bonds is 11. The lowest BCUT2D eigenvalue weighted by Crippen LogP contribution is -2.43. The van der Waals surface area contributed by atoms with Crippen molar-refractivity contribution in [2.24, 2.45) is 11.3 Å². The molecule has 2 aromatic heterocycles. The van der Waals surface area contributed by atoms with Gasteiger partial charge in [0.15, 0.2) is 5.82 Å². The van der Waals surface area contributed by atoms with Gasteiger partial charge in [0.2, 0.25) is 5.13 Å². The summed E-state index contributed by atoms with van der Waals surface area (Å²) in [5.74, 6) is -2.16. The number of aromatic nitrogens is 5. The Bertz CT molecular complexity index is 1530. The van der Waals surface area contributed by atoms with Crippen LogP contribution >= 0.6 is 11.3 Å². The summed E-state index contributed by atoms with van der Waals surface area (Å²) in [6.07, 6.45) is -1.63. The molecule has 47 heavy (non-hydrogen) atoms. The molecule has 1 N–H and O–H groups in total. The molecule has 15 heteroatoms. The number of carbonyl (C=O) groups excluding carboxylic acids is 2. The molecule has 2 heterocycles. The average molecular weight is 691 g/mol. The third-order valence-electron chi connectivity index (χ3n) is 6.98. The molecular weight excluding hydrogens is 641 g/mol. The zero-order valence-electron chi connectivity index (χ0n) is 29.7. The molecule has 0 aliphatic heterocycles. The summed E-state index contributed by atoms with van der Waals surface area (Å²) in [5.41, 5.74) is -1.22. The van der Waals surface area contributed by atoms with Crippen molar-refractivity contribution in [3.8, 4) is 0 Å². The molecule has 0 aliphatic carbocycles. The Morgan fingerprint density at radius 1 is 0.979 bits per heavy atom. The molecule has 2 unspecified atom stereocenters. The van der Waals surface area contributed by atoms with Crippen LogP contribution in [0.15, 0.2) is 18.2 Å². The number of thiazole rings is 1. The van der Waals surface area contributed by atoms with Crippen LogP contribution in [0.4, 0.5) is 14.7 Å². The van der Waals surface area contributed by atoms with Crippen LogP contribution in [0.1, 0.15) is 79.6 Å². The fourth-order valence-electron chi connectivity index (χ4n) is 4.94. The van der Waals surface area contributed by atoms with Crippen LogP contribution in [-0.4, -0.2) is 74.3 Å². The topological polar surface area (TPSA) is 159 Å². The van der Waals surface area contributed by atoms with E-state index in [2.05, 4.69) is 35.2 Å². The predicted molar refractivity (Wildman–Crippen MR) is 184 cm³/mol. The highest BCUT2D eigenvalue weighted by atomic mass is 32.1. The van der Waals surface area contributed by atoms with Gasteiger partial charge in [0.25, 0.3) is 0 Å². The summed E-state index contributed by atoms with van der Waals surface area (Å²) in [5, 5.41) is 22.9. The van der Waals surface area contributed by atoms with Crippen LogP contribution in [0.25, 0.3) is 10.2 Å². The van der Waals surface area contributed by atoms with E-state index in [1.54, 1.807) is 41.5 Å². The maximum Gasteiger partial charge on any atom is 0.426 e. The number of benzene rings is 1. The van der Waals surface area contributed by atoms with Crippen LogP contribution in [0, 0.1) is 11.3 Å². The van der Waals surface area contributed by atoms with Crippen molar-refractivity contribution in [2.75, 3.05) is 11.5 Å². The van der Waals surface area contributed by atoms with E-state index in [-0.39, 0.29) is 18.3 Å². The number of aliphatic carboxylic acids is 1. The third kappa shape index (κ3) is 10.8. The van der Waals surface area contributed by atoms with Gasteiger partial charge in [0.05, 0.1) is 16.1 Å². The second-order valence-electron chi connectivity index (χ2n) is 15.9. The molecule has 2 amide bonds. The smallest absolute Gasteiger partial charge is 0.426 e. The van der Waals surface area contributed by atoms with Crippen molar-refractivity contribution in [1.82, 2.24) is 25.2 Å². The Kier molecular flexibility index (Phi) is 11.6. The number of hydrogen-bond donors (Lipinski definition) is 1. The Morgan fingerprint density at radius 2 is 1.57 bits per heavy atom. The van der Waals surface area contributed by atoms with Crippen LogP contribution in [0.3, 0.4) is 0 Å². The van der Waals surface area contributed by atoms with Gasteiger partial charge in [-0.05, 0) is 81.5 Å². The highest BCUT2D eigenvalue weighted by Gasteiger charge is 2.42. The number of imide groups is 1. The van der Waals surface area contributed by atoms with Gasteiger partial charge < -0.3 is 19.3 Å². The van der Waals surface area contributed by atoms with Gasteiger partial charge in [0.1, 0.15) is 17.9 Å². The van der Waals surface area contributed by atoms with E-state index in [1.165, 1.54) is 4.68 Å². The van der Waals surface area contributed by atoms with Gasteiger partial charge in [-0.1, -0.05) is 63.9 Å². The number of amides is 2. The van der Waals surface area contributed by atoms with Crippen molar-refractivity contribution in [3.05, 3.63) is 29.6 Å². The fraction of sp³-hybridized carbons (Fsp3) is 0.656. The number of anilines is 1. The standard InChI is InChI=1S/C32H50N6O7SSi/c1-30(2,3)23(26(39)40)21(25-34-35-36-37(25)19-43-16-17-47(10,11)12)18-20-14-13-15-22-24(20)33-27(46-22)38(28(41)44-31(4,5)6)29(42)45-32(7,8)9/h13-15,21,23H,16-19H2,1-12H3,(H,39,40). The van der Waals surface area contributed by atoms with E-state index < -0.39 is 54.7 Å². The second kappa shape index (κ2) is 14.4. The number of carbonyl (C=O) groups is 3. The van der Waals surface area contributed by atoms with Gasteiger partial charge in [-0.15, -0.1) is 5.10 Å². The number of ether oxygens (including phenoxy) is 3. The van der Waals surface area contributed by atoms with Gasteiger partial charge in [0, 0.05) is 20.6 Å². The quantitative estimate of drug-likeness (QED) is 0.158. The maximum absolute atomic E-state index is 13.3. The van der Waals surface area contributed by atoms with Crippen molar-refractivity contribution in [1.29, 1.82) is 0 Å². The van der Waals surface area contributed by atoms with Crippen molar-refractivity contribution in [2.45, 2.75) is 118 Å². The van der Waals surface area contributed by atoms with Crippen molar-refractivity contribution in [3.63, 3.8) is 0 Å². The summed E-state index contributed by atoms with van der Waals surface area (Å²) in [6, 6.07) is 6.47. The van der Waals surface area contributed by atoms with Gasteiger partial charge in [-0.3, -0.25) is 4.79 Å². The molecule has 0 fully saturated rings. The molecule has 0 aliphatic rings. The maximum atomic E-state index is 13.3. The minimum absolute atomic E-state index is 0.0683. The average Bonchev–Trinajstić information content (AvgIpc) is 3.50. The Hall–Kier alpha value is -3.43. The summed E-state index contributed by atoms with van der Waals surface area (Å²) >= 11 is 1.13. The van der Waals surface area contributed by atoms with Crippen LogP contribution in [0.2, 0.25) is 25.7 Å². The number of hydrogen-bond acceptors (Lipinski definition) is 11. The minimum atomic E-state index is -1.32. The number of carboxylic acid groups (broad SMARTS) is 1. The number of para-hydroxylation sites is 1. The molecular formula is C32H50N6O7SSi. The number of carboxylic acids is 1. The number of nitrogens with zero attached hydrogens (tertiary/aromatic N) is 6. The fourth-order valence-corrected chi connectivity index (χ4v) is 6.69. The molecule has 0 spiro atoms. The van der Waals surface area contributed by atoms with Gasteiger partial charge >= 0.3 is 18.2 Å². The Morgan fingerprint density at radius 3 is 2.09 bits per heavy atom. The van der Waals surface area contributed by atoms with Crippen molar-refractivity contribution < 1.29 is 33.7 Å². The zero-order chi connectivity index (χ0) is 35.5. The summed E-state index contributed by atoms with van der Waals surface area (Å²) < 4.78 is 19.2. The zero-order valence-corrected chi connectivity index (χ0v) is 31.5. The first-order valence-corrected chi connectivity index (χ1v) is 20.2. The Labute approximate surface area is 282 Å². The lowest BCUT2D eigenvalue weighted by molar-refractivity contribution is -0.146. The van der Waals surface area contributed by atoms with E-state index in [0.29, 0.717) is 28.2 Å². The predicted octanol–water partition coefficient (Wildman–Crippen LogP) is 7.34. The third-order valence-corrected chi connectivity index (χ3v) is 9.69. The molecule has 260 valence electrons. The molecule has 1 aromatic carbocycles. The molecule has 0 bridgehead atoms. The lowest BCUT2D eigenvalue weighted by Gasteiger charge is -2.33. The Balaban J connectivity index is 2.10. The normalized spacial score (nSPS) is 14.1. The van der Waals surface area contributed by atoms with E-state index in [4.69, 9.17) is 19.2 Å². The highest BCUT2D eigenvalue weighted by Crippen LogP contribution is 2.41. The van der Waals surface area contributed by atoms with Crippen LogP contribution in [-0.2, 0) is 32.2 Å². The molecule has 0 saturated heterocycles. The summed E-state index contributed by atoms with van der Waals surface area (Å²) in [6.45, 7) is 23.3. The molecule has 2 atom stereocenters. The van der Waals surface area contributed by atoms with E-state index in [9.17, 15) is 19.5 Å². The van der Waals surface area contributed by atoms with Crippen molar-refractivity contribution >= 4 is 52.9 Å². The first kappa shape index (κ1) is 38.0. The van der Waals surface area contributed by atoms with E-state index in [0.717, 1.165) is 22.3 Å². The number of fused-ring (bicyclic) bond motifs is 1. The molecule has 3 rings (SSSR count). The lowest BCUT2D eigenvalue weighted by atomic mass is 9.70. The number of tetrazole rings is 1. The van der Waals surface area contributed by atoms with Crippen LogP contribution in [0.5, 0.6) is 0 Å². The van der Waals surface area contributed by atoms with Crippen LogP contribution < -0.4 is 4.90 Å². The molecule has 3 aromatic rings. The van der Waals surface area contributed by atoms with E-state index in [1.807, 2.05) is 39.0 Å². The monoisotopic (exact) mass is 690 g/mol. The molecule has 13 nitrogen and oxygen atoms in total. The summed E-state index contributed by atoms with van der Waals surface area (Å²) in [4.78, 5) is 45.1. The highest BCUT2D eigenvalue weighted by molar-refractivity contribution is 7.22. The molecule has 0 radical (unpaired) electrons.